The number of anilines is 1. The minimum absolute atomic E-state index is 0.0747. The molecule has 3 nitrogen and oxygen atoms in total. The van der Waals surface area contributed by atoms with Crippen LogP contribution >= 0.6 is 55.1 Å². The first-order valence-corrected chi connectivity index (χ1v) is 9.16. The Bertz CT molecular complexity index is 772. The maximum atomic E-state index is 13.7. The highest BCUT2D eigenvalue weighted by atomic mass is 79.9. The molecular formula is C12H6Br2Cl2FNO2S. The van der Waals surface area contributed by atoms with Gasteiger partial charge in [0, 0.05) is 8.95 Å². The lowest BCUT2D eigenvalue weighted by Crippen LogP contribution is -2.15. The Kier molecular flexibility index (Phi) is 5.20. The van der Waals surface area contributed by atoms with Gasteiger partial charge in [0.05, 0.1) is 15.7 Å². The second-order valence-corrected chi connectivity index (χ2v) is 8.10. The van der Waals surface area contributed by atoms with Gasteiger partial charge in [-0.3, -0.25) is 4.72 Å². The second-order valence-electron chi connectivity index (χ2n) is 3.90. The molecule has 0 unspecified atom stereocenters. The number of para-hydroxylation sites is 1. The zero-order valence-electron chi connectivity index (χ0n) is 10.0. The fourth-order valence-electron chi connectivity index (χ4n) is 1.57. The van der Waals surface area contributed by atoms with Crippen LogP contribution in [0.5, 0.6) is 0 Å². The molecule has 9 heteroatoms. The molecule has 0 spiro atoms. The molecular weight excluding hydrogens is 472 g/mol. The molecule has 2 rings (SSSR count). The van der Waals surface area contributed by atoms with Gasteiger partial charge in [-0.05, 0) is 40.2 Å². The number of benzene rings is 2. The van der Waals surface area contributed by atoms with E-state index in [1.807, 2.05) is 0 Å². The molecule has 0 aromatic heterocycles. The first-order chi connectivity index (χ1) is 9.72. The maximum Gasteiger partial charge on any atom is 0.265 e. The van der Waals surface area contributed by atoms with Gasteiger partial charge in [0.25, 0.3) is 10.0 Å². The number of rotatable bonds is 3. The number of nitrogens with one attached hydrogen (secondary N) is 1. The highest BCUT2D eigenvalue weighted by molar-refractivity contribution is 9.10. The van der Waals surface area contributed by atoms with Gasteiger partial charge in [0.2, 0.25) is 0 Å². The third-order valence-corrected chi connectivity index (χ3v) is 5.82. The van der Waals surface area contributed by atoms with Gasteiger partial charge in [0.15, 0.2) is 0 Å². The molecule has 0 radical (unpaired) electrons. The quantitative estimate of drug-likeness (QED) is 0.638. The molecule has 2 aromatic carbocycles. The fourth-order valence-corrected chi connectivity index (χ4v) is 5.17. The Morgan fingerprint density at radius 3 is 2.19 bits per heavy atom. The van der Waals surface area contributed by atoms with E-state index >= 15 is 0 Å². The minimum atomic E-state index is -4.14. The van der Waals surface area contributed by atoms with Crippen LogP contribution in [0.3, 0.4) is 0 Å². The molecule has 112 valence electrons. The lowest BCUT2D eigenvalue weighted by Gasteiger charge is -2.13. The molecule has 0 aliphatic rings. The van der Waals surface area contributed by atoms with Crippen LogP contribution in [0, 0.1) is 5.82 Å². The van der Waals surface area contributed by atoms with Gasteiger partial charge in [0.1, 0.15) is 10.7 Å². The van der Waals surface area contributed by atoms with Crippen LogP contribution in [0.4, 0.5) is 10.1 Å². The summed E-state index contributed by atoms with van der Waals surface area (Å²) in [5, 5.41) is -0.149. The van der Waals surface area contributed by atoms with Gasteiger partial charge in [-0.2, -0.15) is 0 Å². The van der Waals surface area contributed by atoms with E-state index in [0.29, 0.717) is 4.47 Å². The van der Waals surface area contributed by atoms with Gasteiger partial charge >= 0.3 is 0 Å². The zero-order valence-corrected chi connectivity index (χ0v) is 15.5. The molecule has 0 aliphatic heterocycles. The van der Waals surface area contributed by atoms with E-state index in [-0.39, 0.29) is 25.1 Å². The highest BCUT2D eigenvalue weighted by Gasteiger charge is 2.24. The molecule has 0 amide bonds. The Labute approximate surface area is 147 Å². The summed E-state index contributed by atoms with van der Waals surface area (Å²) in [5.74, 6) is -0.725. The monoisotopic (exact) mass is 475 g/mol. The van der Waals surface area contributed by atoms with Crippen LogP contribution in [0.2, 0.25) is 10.0 Å². The lowest BCUT2D eigenvalue weighted by molar-refractivity contribution is 0.598. The predicted octanol–water partition coefficient (Wildman–Crippen LogP) is 5.46. The average Bonchev–Trinajstić information content (AvgIpc) is 2.32. The Balaban J connectivity index is 2.54. The normalized spacial score (nSPS) is 11.5. The summed E-state index contributed by atoms with van der Waals surface area (Å²) in [6.07, 6.45) is 0. The van der Waals surface area contributed by atoms with Crippen molar-refractivity contribution in [2.75, 3.05) is 4.72 Å². The van der Waals surface area contributed by atoms with Gasteiger partial charge < -0.3 is 0 Å². The first kappa shape index (κ1) is 17.0. The van der Waals surface area contributed by atoms with E-state index in [4.69, 9.17) is 23.2 Å². The number of sulfonamides is 1. The minimum Gasteiger partial charge on any atom is -0.275 e. The van der Waals surface area contributed by atoms with Crippen molar-refractivity contribution in [2.24, 2.45) is 0 Å². The molecule has 0 atom stereocenters. The van der Waals surface area contributed by atoms with Crippen LogP contribution < -0.4 is 4.72 Å². The molecule has 1 N–H and O–H groups in total. The van der Waals surface area contributed by atoms with Crippen molar-refractivity contribution in [1.82, 2.24) is 0 Å². The SMILES string of the molecule is O=S(=O)(Nc1c(F)cccc1Br)c1c(Cl)cc(Br)cc1Cl. The molecule has 0 saturated heterocycles. The van der Waals surface area contributed by atoms with Crippen molar-refractivity contribution < 1.29 is 12.8 Å². The molecule has 0 saturated carbocycles. The van der Waals surface area contributed by atoms with Gasteiger partial charge in [-0.1, -0.05) is 45.2 Å². The number of hydrogen-bond acceptors (Lipinski definition) is 2. The Hall–Kier alpha value is -0.340. The van der Waals surface area contributed by atoms with Crippen molar-refractivity contribution in [3.63, 3.8) is 0 Å². The van der Waals surface area contributed by atoms with Crippen molar-refractivity contribution in [3.8, 4) is 0 Å². The van der Waals surface area contributed by atoms with E-state index in [1.54, 1.807) is 0 Å². The van der Waals surface area contributed by atoms with E-state index < -0.39 is 15.8 Å². The Morgan fingerprint density at radius 1 is 1.10 bits per heavy atom. The summed E-state index contributed by atoms with van der Waals surface area (Å²) < 4.78 is 41.4. The topological polar surface area (TPSA) is 46.2 Å². The van der Waals surface area contributed by atoms with Crippen molar-refractivity contribution in [2.45, 2.75) is 4.90 Å². The predicted molar refractivity (Wildman–Crippen MR) is 89.1 cm³/mol. The summed E-state index contributed by atoms with van der Waals surface area (Å²) in [7, 11) is -4.14. The standard InChI is InChI=1S/C12H6Br2Cl2FNO2S/c13-6-4-8(15)12(9(16)5-6)21(19,20)18-11-7(14)2-1-3-10(11)17/h1-5,18H. The van der Waals surface area contributed by atoms with Crippen LogP contribution in [-0.2, 0) is 10.0 Å². The smallest absolute Gasteiger partial charge is 0.265 e. The van der Waals surface area contributed by atoms with Crippen LogP contribution in [-0.4, -0.2) is 8.42 Å². The zero-order chi connectivity index (χ0) is 15.8. The molecule has 0 bridgehead atoms. The molecule has 0 aliphatic carbocycles. The summed E-state index contributed by atoms with van der Waals surface area (Å²) in [5.41, 5.74) is -0.215. The Morgan fingerprint density at radius 2 is 1.67 bits per heavy atom. The molecule has 2 aromatic rings. The van der Waals surface area contributed by atoms with E-state index in [1.165, 1.54) is 24.3 Å². The van der Waals surface area contributed by atoms with Crippen molar-refractivity contribution >= 4 is 70.8 Å². The van der Waals surface area contributed by atoms with Gasteiger partial charge in [-0.15, -0.1) is 0 Å². The van der Waals surface area contributed by atoms with E-state index in [2.05, 4.69) is 36.6 Å². The molecule has 0 heterocycles. The van der Waals surface area contributed by atoms with Crippen LogP contribution in [0.15, 0.2) is 44.2 Å². The van der Waals surface area contributed by atoms with Crippen molar-refractivity contribution in [1.29, 1.82) is 0 Å². The third kappa shape index (κ3) is 3.71. The van der Waals surface area contributed by atoms with Crippen LogP contribution in [0.1, 0.15) is 0 Å². The van der Waals surface area contributed by atoms with Crippen LogP contribution in [0.25, 0.3) is 0 Å². The third-order valence-electron chi connectivity index (χ3n) is 2.43. The summed E-state index contributed by atoms with van der Waals surface area (Å²) in [6, 6.07) is 6.85. The number of halogens is 5. The summed E-state index contributed by atoms with van der Waals surface area (Å²) in [6.45, 7) is 0. The maximum absolute atomic E-state index is 13.7. The summed E-state index contributed by atoms with van der Waals surface area (Å²) >= 11 is 18.1. The summed E-state index contributed by atoms with van der Waals surface area (Å²) in [4.78, 5) is -0.316. The van der Waals surface area contributed by atoms with E-state index in [9.17, 15) is 12.8 Å². The lowest BCUT2D eigenvalue weighted by atomic mass is 10.3. The highest BCUT2D eigenvalue weighted by Crippen LogP contribution is 2.35. The van der Waals surface area contributed by atoms with E-state index in [0.717, 1.165) is 6.07 Å². The average molecular weight is 478 g/mol. The molecule has 21 heavy (non-hydrogen) atoms. The molecule has 0 fully saturated rings. The largest absolute Gasteiger partial charge is 0.275 e. The first-order valence-electron chi connectivity index (χ1n) is 5.34. The number of hydrogen-bond donors (Lipinski definition) is 1. The van der Waals surface area contributed by atoms with Gasteiger partial charge in [-0.25, -0.2) is 12.8 Å². The fraction of sp³-hybridized carbons (Fsp3) is 0. The van der Waals surface area contributed by atoms with Crippen molar-refractivity contribution in [3.05, 3.63) is 55.1 Å². The second kappa shape index (κ2) is 6.42.